The number of pyridine rings is 1. The predicted octanol–water partition coefficient (Wildman–Crippen LogP) is 3.49. The van der Waals surface area contributed by atoms with Crippen LogP contribution in [0.4, 0.5) is 4.39 Å². The molecule has 0 fully saturated rings. The third kappa shape index (κ3) is 2.80. The summed E-state index contributed by atoms with van der Waals surface area (Å²) in [6.07, 6.45) is 1.52. The van der Waals surface area contributed by atoms with Crippen LogP contribution in [0.15, 0.2) is 28.9 Å². The van der Waals surface area contributed by atoms with Crippen molar-refractivity contribution in [1.82, 2.24) is 4.98 Å². The van der Waals surface area contributed by atoms with Crippen LogP contribution in [0, 0.1) is 19.7 Å². The number of ether oxygens (including phenoxy) is 1. The number of aryl methyl sites for hydroxylation is 1. The number of halogens is 2. The Morgan fingerprint density at radius 2 is 2.10 bits per heavy atom. The molecule has 2 N–H and O–H groups in total. The van der Waals surface area contributed by atoms with Crippen LogP contribution < -0.4 is 10.5 Å². The van der Waals surface area contributed by atoms with E-state index >= 15 is 0 Å². The molecule has 0 atom stereocenters. The molecule has 6 heteroatoms. The molecule has 0 unspecified atom stereocenters. The van der Waals surface area contributed by atoms with Crippen molar-refractivity contribution in [1.29, 1.82) is 0 Å². The van der Waals surface area contributed by atoms with Gasteiger partial charge in [0.1, 0.15) is 17.1 Å². The molecule has 2 rings (SSSR count). The fourth-order valence-electron chi connectivity index (χ4n) is 1.76. The van der Waals surface area contributed by atoms with Gasteiger partial charge in [0.25, 0.3) is 5.91 Å². The first-order chi connectivity index (χ1) is 9.40. The summed E-state index contributed by atoms with van der Waals surface area (Å²) in [5.74, 6) is -0.466. The van der Waals surface area contributed by atoms with Crippen LogP contribution in [0.5, 0.6) is 11.6 Å². The minimum absolute atomic E-state index is 0.105. The Balaban J connectivity index is 2.48. The highest BCUT2D eigenvalue weighted by Crippen LogP contribution is 2.30. The summed E-state index contributed by atoms with van der Waals surface area (Å²) in [7, 11) is 0. The van der Waals surface area contributed by atoms with Gasteiger partial charge in [-0.15, -0.1) is 0 Å². The lowest BCUT2D eigenvalue weighted by atomic mass is 10.1. The third-order valence-electron chi connectivity index (χ3n) is 2.83. The molecule has 0 saturated carbocycles. The summed E-state index contributed by atoms with van der Waals surface area (Å²) in [4.78, 5) is 15.6. The molecule has 2 aromatic rings. The Morgan fingerprint density at radius 1 is 1.40 bits per heavy atom. The first kappa shape index (κ1) is 14.5. The van der Waals surface area contributed by atoms with E-state index in [0.29, 0.717) is 21.3 Å². The van der Waals surface area contributed by atoms with Gasteiger partial charge in [-0.05, 0) is 59.1 Å². The second-order valence-corrected chi connectivity index (χ2v) is 5.14. The number of carbonyl (C=O) groups excluding carboxylic acids is 1. The summed E-state index contributed by atoms with van der Waals surface area (Å²) in [6.45, 7) is 3.43. The van der Waals surface area contributed by atoms with Gasteiger partial charge >= 0.3 is 0 Å². The van der Waals surface area contributed by atoms with Gasteiger partial charge in [-0.25, -0.2) is 9.37 Å². The summed E-state index contributed by atoms with van der Waals surface area (Å²) < 4.78 is 19.3. The van der Waals surface area contributed by atoms with E-state index in [2.05, 4.69) is 20.9 Å². The number of nitrogens with two attached hydrogens (primary N) is 1. The van der Waals surface area contributed by atoms with Gasteiger partial charge in [0.15, 0.2) is 0 Å². The minimum atomic E-state index is -0.633. The highest BCUT2D eigenvalue weighted by atomic mass is 79.9. The number of primary amides is 1. The van der Waals surface area contributed by atoms with Crippen molar-refractivity contribution in [3.63, 3.8) is 0 Å². The molecule has 0 aliphatic rings. The van der Waals surface area contributed by atoms with E-state index in [1.807, 2.05) is 0 Å². The molecule has 1 aromatic heterocycles. The fraction of sp³-hybridized carbons (Fsp3) is 0.143. The molecular formula is C14H12BrFN2O2. The van der Waals surface area contributed by atoms with Crippen LogP contribution in [-0.2, 0) is 0 Å². The van der Waals surface area contributed by atoms with Crippen molar-refractivity contribution in [3.05, 3.63) is 51.4 Å². The van der Waals surface area contributed by atoms with Crippen molar-refractivity contribution in [2.24, 2.45) is 5.73 Å². The molecule has 1 amide bonds. The normalized spacial score (nSPS) is 10.4. The zero-order valence-electron chi connectivity index (χ0n) is 10.9. The van der Waals surface area contributed by atoms with Crippen molar-refractivity contribution in [2.45, 2.75) is 13.8 Å². The summed E-state index contributed by atoms with van der Waals surface area (Å²) in [5, 5.41) is 0. The Labute approximate surface area is 123 Å². The van der Waals surface area contributed by atoms with E-state index in [1.54, 1.807) is 13.8 Å². The maximum absolute atomic E-state index is 13.1. The van der Waals surface area contributed by atoms with Crippen molar-refractivity contribution in [3.8, 4) is 11.6 Å². The topological polar surface area (TPSA) is 65.2 Å². The first-order valence-corrected chi connectivity index (χ1v) is 6.58. The molecule has 104 valence electrons. The van der Waals surface area contributed by atoms with E-state index in [1.165, 1.54) is 24.4 Å². The van der Waals surface area contributed by atoms with Gasteiger partial charge < -0.3 is 10.5 Å². The second kappa shape index (κ2) is 5.58. The number of rotatable bonds is 3. The zero-order chi connectivity index (χ0) is 14.9. The molecule has 0 aliphatic heterocycles. The molecule has 20 heavy (non-hydrogen) atoms. The first-order valence-electron chi connectivity index (χ1n) is 5.79. The zero-order valence-corrected chi connectivity index (χ0v) is 12.5. The average Bonchev–Trinajstić information content (AvgIpc) is 2.36. The molecule has 1 heterocycles. The Bertz CT molecular complexity index is 689. The molecule has 0 aliphatic carbocycles. The van der Waals surface area contributed by atoms with E-state index in [-0.39, 0.29) is 17.3 Å². The molecule has 0 spiro atoms. The number of carbonyl (C=O) groups is 1. The Hall–Kier alpha value is -1.95. The van der Waals surface area contributed by atoms with E-state index in [4.69, 9.17) is 10.5 Å². The van der Waals surface area contributed by atoms with E-state index in [9.17, 15) is 9.18 Å². The third-order valence-corrected chi connectivity index (χ3v) is 3.63. The number of hydrogen-bond acceptors (Lipinski definition) is 3. The average molecular weight is 339 g/mol. The van der Waals surface area contributed by atoms with Gasteiger partial charge in [-0.2, -0.15) is 0 Å². The standard InChI is InChI=1S/C14H12BrFN2O2/c1-7-5-9(16)3-4-11(7)20-14-12(13(17)19)8(2)10(15)6-18-14/h3-6H,1-2H3,(H2,17,19). The number of aromatic nitrogens is 1. The van der Waals surface area contributed by atoms with Crippen molar-refractivity contribution in [2.75, 3.05) is 0 Å². The highest BCUT2D eigenvalue weighted by molar-refractivity contribution is 9.10. The van der Waals surface area contributed by atoms with Gasteiger partial charge in [0, 0.05) is 10.7 Å². The molecule has 1 aromatic carbocycles. The summed E-state index contributed by atoms with van der Waals surface area (Å²) in [6, 6.07) is 4.09. The van der Waals surface area contributed by atoms with Crippen molar-refractivity contribution < 1.29 is 13.9 Å². The Morgan fingerprint density at radius 3 is 2.70 bits per heavy atom. The van der Waals surface area contributed by atoms with Crippen LogP contribution in [0.2, 0.25) is 0 Å². The quantitative estimate of drug-likeness (QED) is 0.931. The fourth-order valence-corrected chi connectivity index (χ4v) is 2.06. The summed E-state index contributed by atoms with van der Waals surface area (Å²) >= 11 is 3.28. The number of amides is 1. The van der Waals surface area contributed by atoms with Crippen LogP contribution in [0.3, 0.4) is 0 Å². The number of nitrogens with zero attached hydrogens (tertiary/aromatic N) is 1. The van der Waals surface area contributed by atoms with Crippen LogP contribution >= 0.6 is 15.9 Å². The molecule has 0 saturated heterocycles. The van der Waals surface area contributed by atoms with Gasteiger partial charge in [0.05, 0.1) is 0 Å². The molecular weight excluding hydrogens is 327 g/mol. The van der Waals surface area contributed by atoms with Crippen LogP contribution in [0.25, 0.3) is 0 Å². The largest absolute Gasteiger partial charge is 0.438 e. The van der Waals surface area contributed by atoms with Gasteiger partial charge in [-0.3, -0.25) is 4.79 Å². The lowest BCUT2D eigenvalue weighted by Crippen LogP contribution is -2.15. The van der Waals surface area contributed by atoms with Crippen LogP contribution in [0.1, 0.15) is 21.5 Å². The van der Waals surface area contributed by atoms with Crippen LogP contribution in [-0.4, -0.2) is 10.9 Å². The predicted molar refractivity (Wildman–Crippen MR) is 76.4 cm³/mol. The van der Waals surface area contributed by atoms with E-state index in [0.717, 1.165) is 0 Å². The molecule has 0 bridgehead atoms. The molecule has 4 nitrogen and oxygen atoms in total. The highest BCUT2D eigenvalue weighted by Gasteiger charge is 2.18. The number of hydrogen-bond donors (Lipinski definition) is 1. The maximum atomic E-state index is 13.1. The lowest BCUT2D eigenvalue weighted by molar-refractivity contribution is 0.0996. The van der Waals surface area contributed by atoms with E-state index < -0.39 is 5.91 Å². The SMILES string of the molecule is Cc1cc(F)ccc1Oc1ncc(Br)c(C)c1C(N)=O. The molecule has 0 radical (unpaired) electrons. The van der Waals surface area contributed by atoms with Gasteiger partial charge in [-0.1, -0.05) is 0 Å². The minimum Gasteiger partial charge on any atom is -0.438 e. The smallest absolute Gasteiger partial charge is 0.254 e. The monoisotopic (exact) mass is 338 g/mol. The second-order valence-electron chi connectivity index (χ2n) is 4.29. The Kier molecular flexibility index (Phi) is 4.04. The summed E-state index contributed by atoms with van der Waals surface area (Å²) in [5.41, 5.74) is 6.80. The van der Waals surface area contributed by atoms with Crippen molar-refractivity contribution >= 4 is 21.8 Å². The maximum Gasteiger partial charge on any atom is 0.254 e. The number of benzene rings is 1. The van der Waals surface area contributed by atoms with Gasteiger partial charge in [0.2, 0.25) is 5.88 Å². The lowest BCUT2D eigenvalue weighted by Gasteiger charge is -2.12.